The number of rotatable bonds is 6. The SMILES string of the molecule is OCC1(C(NCc2cc(C(F)(F)F)n[nH]2)c2ccccc2)CCC1. The van der Waals surface area contributed by atoms with Gasteiger partial charge in [0.15, 0.2) is 5.69 Å². The Labute approximate surface area is 138 Å². The van der Waals surface area contributed by atoms with Crippen molar-refractivity contribution in [2.75, 3.05) is 6.61 Å². The van der Waals surface area contributed by atoms with Gasteiger partial charge in [0, 0.05) is 23.7 Å². The molecule has 130 valence electrons. The number of aliphatic hydroxyl groups is 1. The Morgan fingerprint density at radius 1 is 1.25 bits per heavy atom. The van der Waals surface area contributed by atoms with Gasteiger partial charge in [0.1, 0.15) is 0 Å². The van der Waals surface area contributed by atoms with Crippen molar-refractivity contribution in [1.29, 1.82) is 0 Å². The van der Waals surface area contributed by atoms with Gasteiger partial charge in [-0.2, -0.15) is 18.3 Å². The molecular formula is C17H20F3N3O. The summed E-state index contributed by atoms with van der Waals surface area (Å²) in [6.45, 7) is 0.279. The summed E-state index contributed by atoms with van der Waals surface area (Å²) in [5.41, 5.74) is 0.224. The molecule has 24 heavy (non-hydrogen) atoms. The number of aromatic amines is 1. The van der Waals surface area contributed by atoms with Crippen molar-refractivity contribution in [2.45, 2.75) is 38.0 Å². The van der Waals surface area contributed by atoms with Gasteiger partial charge in [0.05, 0.1) is 6.61 Å². The Hall–Kier alpha value is -1.86. The highest BCUT2D eigenvalue weighted by Crippen LogP contribution is 2.50. The standard InChI is InChI=1S/C17H20F3N3O/c18-17(19,20)14-9-13(22-23-14)10-21-15(12-5-2-1-3-6-12)16(11-24)7-4-8-16/h1-3,5-6,9,15,21,24H,4,7-8,10-11H2,(H,22,23). The van der Waals surface area contributed by atoms with Crippen LogP contribution in [0.2, 0.25) is 0 Å². The van der Waals surface area contributed by atoms with E-state index in [0.29, 0.717) is 5.69 Å². The predicted molar refractivity (Wildman–Crippen MR) is 83.0 cm³/mol. The van der Waals surface area contributed by atoms with Gasteiger partial charge in [-0.05, 0) is 24.5 Å². The van der Waals surface area contributed by atoms with Crippen LogP contribution < -0.4 is 5.32 Å². The van der Waals surface area contributed by atoms with Crippen LogP contribution in [-0.4, -0.2) is 21.9 Å². The van der Waals surface area contributed by atoms with E-state index in [9.17, 15) is 18.3 Å². The third-order valence-corrected chi connectivity index (χ3v) is 4.83. The summed E-state index contributed by atoms with van der Waals surface area (Å²) in [4.78, 5) is 0. The maximum absolute atomic E-state index is 12.6. The van der Waals surface area contributed by atoms with Crippen LogP contribution in [0.3, 0.4) is 0 Å². The second-order valence-electron chi connectivity index (χ2n) is 6.37. The number of H-pyrrole nitrogens is 1. The number of hydrogen-bond acceptors (Lipinski definition) is 3. The van der Waals surface area contributed by atoms with Gasteiger partial charge in [-0.25, -0.2) is 0 Å². The molecule has 0 amide bonds. The number of halogens is 3. The van der Waals surface area contributed by atoms with Crippen LogP contribution in [0.1, 0.15) is 42.3 Å². The molecule has 1 aliphatic rings. The van der Waals surface area contributed by atoms with E-state index >= 15 is 0 Å². The molecule has 1 atom stereocenters. The molecule has 3 N–H and O–H groups in total. The minimum atomic E-state index is -4.45. The zero-order chi connectivity index (χ0) is 17.2. The monoisotopic (exact) mass is 339 g/mol. The Balaban J connectivity index is 1.77. The van der Waals surface area contributed by atoms with E-state index in [1.807, 2.05) is 30.3 Å². The summed E-state index contributed by atoms with van der Waals surface area (Å²) >= 11 is 0. The number of nitrogens with zero attached hydrogens (tertiary/aromatic N) is 1. The highest BCUT2D eigenvalue weighted by molar-refractivity contribution is 5.23. The molecule has 1 saturated carbocycles. The van der Waals surface area contributed by atoms with E-state index in [2.05, 4.69) is 15.5 Å². The van der Waals surface area contributed by atoms with Crippen LogP contribution in [0.4, 0.5) is 13.2 Å². The molecule has 0 spiro atoms. The number of benzene rings is 1. The van der Waals surface area contributed by atoms with Crippen LogP contribution >= 0.6 is 0 Å². The molecule has 1 aliphatic carbocycles. The van der Waals surface area contributed by atoms with Gasteiger partial charge in [-0.15, -0.1) is 0 Å². The predicted octanol–water partition coefficient (Wildman–Crippen LogP) is 3.42. The van der Waals surface area contributed by atoms with Crippen molar-refractivity contribution in [3.05, 3.63) is 53.3 Å². The van der Waals surface area contributed by atoms with E-state index in [1.165, 1.54) is 0 Å². The molecule has 1 fully saturated rings. The molecule has 2 aromatic rings. The molecule has 1 heterocycles. The van der Waals surface area contributed by atoms with Crippen molar-refractivity contribution in [1.82, 2.24) is 15.5 Å². The van der Waals surface area contributed by atoms with Crippen LogP contribution in [0, 0.1) is 5.41 Å². The summed E-state index contributed by atoms with van der Waals surface area (Å²) in [6.07, 6.45) is -1.61. The third-order valence-electron chi connectivity index (χ3n) is 4.83. The molecule has 0 radical (unpaired) electrons. The molecule has 1 aromatic heterocycles. The lowest BCUT2D eigenvalue weighted by atomic mass is 9.63. The molecule has 0 saturated heterocycles. The fourth-order valence-corrected chi connectivity index (χ4v) is 3.31. The molecule has 3 rings (SSSR count). The lowest BCUT2D eigenvalue weighted by Gasteiger charge is -2.47. The largest absolute Gasteiger partial charge is 0.435 e. The van der Waals surface area contributed by atoms with Gasteiger partial charge in [0.25, 0.3) is 0 Å². The first-order valence-electron chi connectivity index (χ1n) is 7.95. The molecule has 4 nitrogen and oxygen atoms in total. The van der Waals surface area contributed by atoms with Crippen LogP contribution in [0.15, 0.2) is 36.4 Å². The first-order chi connectivity index (χ1) is 11.4. The number of aliphatic hydroxyl groups excluding tert-OH is 1. The Morgan fingerprint density at radius 2 is 1.96 bits per heavy atom. The second kappa shape index (κ2) is 6.57. The van der Waals surface area contributed by atoms with Crippen LogP contribution in [-0.2, 0) is 12.7 Å². The number of aromatic nitrogens is 2. The van der Waals surface area contributed by atoms with Crippen molar-refractivity contribution >= 4 is 0 Å². The van der Waals surface area contributed by atoms with Crippen molar-refractivity contribution < 1.29 is 18.3 Å². The minimum Gasteiger partial charge on any atom is -0.396 e. The maximum atomic E-state index is 12.6. The van der Waals surface area contributed by atoms with Gasteiger partial charge < -0.3 is 10.4 Å². The Bertz CT molecular complexity index is 660. The maximum Gasteiger partial charge on any atom is 0.435 e. The lowest BCUT2D eigenvalue weighted by Crippen LogP contribution is -2.45. The molecule has 1 unspecified atom stereocenters. The van der Waals surface area contributed by atoms with Crippen LogP contribution in [0.5, 0.6) is 0 Å². The quantitative estimate of drug-likeness (QED) is 0.756. The van der Waals surface area contributed by atoms with E-state index in [0.717, 1.165) is 30.9 Å². The Kier molecular flexibility index (Phi) is 4.64. The van der Waals surface area contributed by atoms with Gasteiger partial charge in [-0.1, -0.05) is 36.8 Å². The van der Waals surface area contributed by atoms with Crippen molar-refractivity contribution in [3.63, 3.8) is 0 Å². The first-order valence-corrected chi connectivity index (χ1v) is 7.95. The highest BCUT2D eigenvalue weighted by atomic mass is 19.4. The average Bonchev–Trinajstić information content (AvgIpc) is 3.00. The van der Waals surface area contributed by atoms with Gasteiger partial charge >= 0.3 is 6.18 Å². The number of alkyl halides is 3. The number of nitrogens with one attached hydrogen (secondary N) is 2. The third kappa shape index (κ3) is 3.32. The minimum absolute atomic E-state index is 0.0519. The van der Waals surface area contributed by atoms with E-state index in [4.69, 9.17) is 0 Å². The first kappa shape index (κ1) is 17.0. The summed E-state index contributed by atoms with van der Waals surface area (Å²) < 4.78 is 37.9. The smallest absolute Gasteiger partial charge is 0.396 e. The fourth-order valence-electron chi connectivity index (χ4n) is 3.31. The average molecular weight is 339 g/mol. The molecular weight excluding hydrogens is 319 g/mol. The van der Waals surface area contributed by atoms with E-state index in [-0.39, 0.29) is 24.6 Å². The normalized spacial score (nSPS) is 18.2. The summed E-state index contributed by atoms with van der Waals surface area (Å²) in [5, 5.41) is 18.9. The molecule has 0 aliphatic heterocycles. The molecule has 1 aromatic carbocycles. The zero-order valence-electron chi connectivity index (χ0n) is 13.1. The van der Waals surface area contributed by atoms with Gasteiger partial charge in [0.2, 0.25) is 0 Å². The molecule has 7 heteroatoms. The molecule has 0 bridgehead atoms. The van der Waals surface area contributed by atoms with Crippen molar-refractivity contribution in [2.24, 2.45) is 5.41 Å². The fraction of sp³-hybridized carbons (Fsp3) is 0.471. The van der Waals surface area contributed by atoms with E-state index < -0.39 is 11.9 Å². The zero-order valence-corrected chi connectivity index (χ0v) is 13.1. The lowest BCUT2D eigenvalue weighted by molar-refractivity contribution is -0.141. The van der Waals surface area contributed by atoms with Gasteiger partial charge in [-0.3, -0.25) is 5.10 Å². The summed E-state index contributed by atoms with van der Waals surface area (Å²) in [7, 11) is 0. The topological polar surface area (TPSA) is 60.9 Å². The number of hydrogen-bond donors (Lipinski definition) is 3. The van der Waals surface area contributed by atoms with Crippen molar-refractivity contribution in [3.8, 4) is 0 Å². The Morgan fingerprint density at radius 3 is 2.46 bits per heavy atom. The summed E-state index contributed by atoms with van der Waals surface area (Å²) in [5.74, 6) is 0. The van der Waals surface area contributed by atoms with E-state index in [1.54, 1.807) is 0 Å². The summed E-state index contributed by atoms with van der Waals surface area (Å²) in [6, 6.07) is 10.6. The van der Waals surface area contributed by atoms with Crippen LogP contribution in [0.25, 0.3) is 0 Å². The highest BCUT2D eigenvalue weighted by Gasteiger charge is 2.44. The second-order valence-corrected chi connectivity index (χ2v) is 6.37.